The van der Waals surface area contributed by atoms with Crippen molar-refractivity contribution in [1.29, 1.82) is 5.26 Å². The molecule has 1 N–H and O–H groups in total. The summed E-state index contributed by atoms with van der Waals surface area (Å²) < 4.78 is 3.33. The minimum absolute atomic E-state index is 0.0410. The van der Waals surface area contributed by atoms with Crippen molar-refractivity contribution in [2.45, 2.75) is 32.7 Å². The van der Waals surface area contributed by atoms with E-state index in [1.54, 1.807) is 34.2 Å². The number of aromatic nitrogens is 6. The molecule has 8 nitrogen and oxygen atoms in total. The summed E-state index contributed by atoms with van der Waals surface area (Å²) in [5.74, 6) is 0.331. The Labute approximate surface area is 139 Å². The lowest BCUT2D eigenvalue weighted by molar-refractivity contribution is 0.440. The topological polar surface area (TPSA) is 105 Å². The number of hydrogen-bond donors (Lipinski definition) is 1. The summed E-state index contributed by atoms with van der Waals surface area (Å²) in [7, 11) is 0. The van der Waals surface area contributed by atoms with E-state index in [0.29, 0.717) is 30.2 Å². The Balaban J connectivity index is 2.10. The standard InChI is InChI=1S/C16H17N7O/c1-11(2)13-14(12-8-19-23(9-12)6-3-4-17)20-16(21-15(13)24)22-7-5-18-10-22/h5,7-11H,3,6H2,1-2H3,(H,20,21,24). The van der Waals surface area contributed by atoms with Gasteiger partial charge in [-0.15, -0.1) is 0 Å². The first-order valence-electron chi connectivity index (χ1n) is 7.59. The third kappa shape index (κ3) is 2.96. The van der Waals surface area contributed by atoms with Gasteiger partial charge in [0, 0.05) is 29.7 Å². The molecule has 0 aromatic carbocycles. The zero-order chi connectivity index (χ0) is 17.1. The maximum absolute atomic E-state index is 10.4. The molecule has 122 valence electrons. The molecule has 0 aliphatic rings. The maximum Gasteiger partial charge on any atom is 0.238 e. The number of aryl methyl sites for hydroxylation is 1. The van der Waals surface area contributed by atoms with Crippen molar-refractivity contribution in [3.63, 3.8) is 0 Å². The fourth-order valence-corrected chi connectivity index (χ4v) is 2.46. The number of rotatable bonds is 5. The molecule has 3 aromatic rings. The van der Waals surface area contributed by atoms with Gasteiger partial charge in [-0.1, -0.05) is 13.8 Å². The molecule has 8 heteroatoms. The Bertz CT molecular complexity index is 874. The van der Waals surface area contributed by atoms with Crippen LogP contribution in [0.3, 0.4) is 0 Å². The highest BCUT2D eigenvalue weighted by molar-refractivity contribution is 5.65. The van der Waals surface area contributed by atoms with E-state index in [2.05, 4.69) is 26.1 Å². The van der Waals surface area contributed by atoms with E-state index in [1.807, 2.05) is 20.0 Å². The van der Waals surface area contributed by atoms with Gasteiger partial charge in [-0.25, -0.2) is 9.97 Å². The number of nitrogens with zero attached hydrogens (tertiary/aromatic N) is 7. The van der Waals surface area contributed by atoms with Gasteiger partial charge in [0.1, 0.15) is 6.33 Å². The van der Waals surface area contributed by atoms with Crippen molar-refractivity contribution in [2.75, 3.05) is 0 Å². The normalized spacial score (nSPS) is 10.9. The van der Waals surface area contributed by atoms with Gasteiger partial charge in [0.25, 0.3) is 0 Å². The summed E-state index contributed by atoms with van der Waals surface area (Å²) in [6, 6.07) is 2.09. The average molecular weight is 323 g/mol. The predicted octanol–water partition coefficient (Wildman–Crippen LogP) is 2.27. The first-order valence-corrected chi connectivity index (χ1v) is 7.59. The molecule has 3 aromatic heterocycles. The van der Waals surface area contributed by atoms with Crippen LogP contribution >= 0.6 is 0 Å². The highest BCUT2D eigenvalue weighted by Gasteiger charge is 2.20. The largest absolute Gasteiger partial charge is 0.493 e. The minimum atomic E-state index is -0.0523. The number of imidazole rings is 1. The molecule has 24 heavy (non-hydrogen) atoms. The van der Waals surface area contributed by atoms with Gasteiger partial charge in [0.15, 0.2) is 0 Å². The molecule has 0 saturated heterocycles. The van der Waals surface area contributed by atoms with Crippen LogP contribution in [-0.4, -0.2) is 34.4 Å². The third-order valence-electron chi connectivity index (χ3n) is 3.59. The predicted molar refractivity (Wildman–Crippen MR) is 86.4 cm³/mol. The van der Waals surface area contributed by atoms with E-state index in [4.69, 9.17) is 5.26 Å². The molecule has 0 amide bonds. The summed E-state index contributed by atoms with van der Waals surface area (Å²) in [6.07, 6.45) is 8.79. The Morgan fingerprint density at radius 3 is 2.83 bits per heavy atom. The van der Waals surface area contributed by atoms with Gasteiger partial charge in [-0.3, -0.25) is 9.25 Å². The quantitative estimate of drug-likeness (QED) is 0.772. The van der Waals surface area contributed by atoms with Crippen LogP contribution in [0.1, 0.15) is 31.7 Å². The molecule has 0 spiro atoms. The van der Waals surface area contributed by atoms with Gasteiger partial charge < -0.3 is 5.11 Å². The van der Waals surface area contributed by atoms with E-state index in [9.17, 15) is 5.11 Å². The van der Waals surface area contributed by atoms with Gasteiger partial charge in [0.05, 0.1) is 30.9 Å². The summed E-state index contributed by atoms with van der Waals surface area (Å²) >= 11 is 0. The van der Waals surface area contributed by atoms with Gasteiger partial charge in [-0.2, -0.15) is 15.3 Å². The fourth-order valence-electron chi connectivity index (χ4n) is 2.46. The van der Waals surface area contributed by atoms with Crippen molar-refractivity contribution >= 4 is 0 Å². The average Bonchev–Trinajstić information content (AvgIpc) is 3.23. The van der Waals surface area contributed by atoms with Crippen molar-refractivity contribution in [3.05, 3.63) is 36.7 Å². The summed E-state index contributed by atoms with van der Waals surface area (Å²) in [4.78, 5) is 12.8. The van der Waals surface area contributed by atoms with E-state index < -0.39 is 0 Å². The SMILES string of the molecule is CC(C)c1c(O)nc(-n2ccnc2)nc1-c1cnn(CCC#N)c1. The van der Waals surface area contributed by atoms with E-state index >= 15 is 0 Å². The van der Waals surface area contributed by atoms with Crippen molar-refractivity contribution in [1.82, 2.24) is 29.3 Å². The second-order valence-corrected chi connectivity index (χ2v) is 5.63. The Morgan fingerprint density at radius 1 is 1.33 bits per heavy atom. The van der Waals surface area contributed by atoms with Crippen LogP contribution in [0.4, 0.5) is 0 Å². The van der Waals surface area contributed by atoms with Crippen LogP contribution in [0.5, 0.6) is 5.88 Å². The molecule has 0 aliphatic heterocycles. The lowest BCUT2D eigenvalue weighted by atomic mass is 9.99. The van der Waals surface area contributed by atoms with Crippen LogP contribution in [0.15, 0.2) is 31.1 Å². The lowest BCUT2D eigenvalue weighted by Crippen LogP contribution is -2.05. The van der Waals surface area contributed by atoms with Crippen LogP contribution in [0.2, 0.25) is 0 Å². The first kappa shape index (κ1) is 15.7. The Kier molecular flexibility index (Phi) is 4.24. The molecule has 0 unspecified atom stereocenters. The van der Waals surface area contributed by atoms with E-state index in [1.165, 1.54) is 0 Å². The van der Waals surface area contributed by atoms with Crippen LogP contribution < -0.4 is 0 Å². The first-order chi connectivity index (χ1) is 11.6. The molecular formula is C16H17N7O. The Hall–Kier alpha value is -3.21. The van der Waals surface area contributed by atoms with Gasteiger partial charge in [0.2, 0.25) is 11.8 Å². The van der Waals surface area contributed by atoms with E-state index in [0.717, 1.165) is 5.56 Å². The van der Waals surface area contributed by atoms with Crippen molar-refractivity contribution < 1.29 is 5.11 Å². The fraction of sp³-hybridized carbons (Fsp3) is 0.312. The number of hydrogen-bond acceptors (Lipinski definition) is 6. The summed E-state index contributed by atoms with van der Waals surface area (Å²) in [5.41, 5.74) is 2.07. The number of nitriles is 1. The van der Waals surface area contributed by atoms with Crippen LogP contribution in [0.25, 0.3) is 17.2 Å². The highest BCUT2D eigenvalue weighted by Crippen LogP contribution is 2.33. The smallest absolute Gasteiger partial charge is 0.238 e. The molecule has 0 bridgehead atoms. The van der Waals surface area contributed by atoms with Crippen molar-refractivity contribution in [3.8, 4) is 29.2 Å². The Morgan fingerprint density at radius 2 is 2.17 bits per heavy atom. The number of aromatic hydroxyl groups is 1. The van der Waals surface area contributed by atoms with Gasteiger partial charge >= 0.3 is 0 Å². The molecule has 0 aliphatic carbocycles. The maximum atomic E-state index is 10.4. The molecular weight excluding hydrogens is 306 g/mol. The molecule has 0 radical (unpaired) electrons. The molecule has 0 saturated carbocycles. The lowest BCUT2D eigenvalue weighted by Gasteiger charge is -2.14. The summed E-state index contributed by atoms with van der Waals surface area (Å²) in [6.45, 7) is 4.46. The minimum Gasteiger partial charge on any atom is -0.493 e. The summed E-state index contributed by atoms with van der Waals surface area (Å²) in [5, 5.41) is 23.3. The van der Waals surface area contributed by atoms with E-state index in [-0.39, 0.29) is 11.8 Å². The van der Waals surface area contributed by atoms with Crippen molar-refractivity contribution in [2.24, 2.45) is 0 Å². The molecule has 3 heterocycles. The monoisotopic (exact) mass is 323 g/mol. The highest BCUT2D eigenvalue weighted by atomic mass is 16.3. The van der Waals surface area contributed by atoms with Crippen LogP contribution in [-0.2, 0) is 6.54 Å². The van der Waals surface area contributed by atoms with Crippen LogP contribution in [0, 0.1) is 11.3 Å². The second kappa shape index (κ2) is 6.50. The zero-order valence-electron chi connectivity index (χ0n) is 13.5. The van der Waals surface area contributed by atoms with Gasteiger partial charge in [-0.05, 0) is 5.92 Å². The second-order valence-electron chi connectivity index (χ2n) is 5.63. The zero-order valence-corrected chi connectivity index (χ0v) is 13.5. The third-order valence-corrected chi connectivity index (χ3v) is 3.59. The molecule has 3 rings (SSSR count). The molecule has 0 atom stereocenters. The molecule has 0 fully saturated rings.